The molecule has 1 aliphatic carbocycles. The Balaban J connectivity index is 2.29. The molecule has 2 aliphatic rings. The first-order chi connectivity index (χ1) is 7.25. The lowest BCUT2D eigenvalue weighted by Crippen LogP contribution is -2.49. The van der Waals surface area contributed by atoms with E-state index in [0.29, 0.717) is 12.8 Å². The van der Waals surface area contributed by atoms with Gasteiger partial charge in [-0.15, -0.1) is 0 Å². The van der Waals surface area contributed by atoms with Crippen LogP contribution in [0.1, 0.15) is 40.5 Å². The highest BCUT2D eigenvalue weighted by Crippen LogP contribution is 2.65. The van der Waals surface area contributed by atoms with E-state index in [0.717, 1.165) is 0 Å². The minimum absolute atomic E-state index is 0.349. The Hall–Kier alpha value is -1.10. The fraction of sp³-hybridized carbons (Fsp3) is 0.818. The fourth-order valence-corrected chi connectivity index (χ4v) is 2.62. The number of rotatable bonds is 2. The van der Waals surface area contributed by atoms with Crippen LogP contribution in [0.3, 0.4) is 0 Å². The first kappa shape index (κ1) is 11.4. The summed E-state index contributed by atoms with van der Waals surface area (Å²) in [5.41, 5.74) is -1.06. The Bertz CT molecular complexity index is 343. The molecule has 0 bridgehead atoms. The van der Waals surface area contributed by atoms with Crippen molar-refractivity contribution < 1.29 is 23.8 Å². The van der Waals surface area contributed by atoms with Crippen molar-refractivity contribution in [1.82, 2.24) is 0 Å². The third-order valence-corrected chi connectivity index (χ3v) is 3.67. The quantitative estimate of drug-likeness (QED) is 0.403. The average Bonchev–Trinajstić information content (AvgIpc) is 2.59. The van der Waals surface area contributed by atoms with Crippen molar-refractivity contribution in [2.24, 2.45) is 0 Å². The van der Waals surface area contributed by atoms with Gasteiger partial charge in [0.15, 0.2) is 5.60 Å². The fourth-order valence-electron chi connectivity index (χ4n) is 2.62. The van der Waals surface area contributed by atoms with Gasteiger partial charge in [0.25, 0.3) is 5.79 Å². The molecule has 0 aromatic heterocycles. The molecule has 0 radical (unpaired) electrons. The highest BCUT2D eigenvalue weighted by molar-refractivity contribution is 5.69. The Morgan fingerprint density at radius 2 is 1.56 bits per heavy atom. The molecule has 1 saturated heterocycles. The average molecular weight is 228 g/mol. The lowest BCUT2D eigenvalue weighted by atomic mass is 9.96. The normalized spacial score (nSPS) is 38.8. The predicted molar refractivity (Wildman–Crippen MR) is 53.4 cm³/mol. The molecule has 0 N–H and O–H groups in total. The number of epoxide rings is 1. The van der Waals surface area contributed by atoms with Crippen LogP contribution in [-0.4, -0.2) is 28.9 Å². The minimum atomic E-state index is -1.25. The molecule has 90 valence electrons. The van der Waals surface area contributed by atoms with Gasteiger partial charge in [-0.25, -0.2) is 0 Å². The molecular formula is C11H16O5. The van der Waals surface area contributed by atoms with Gasteiger partial charge in [-0.05, 0) is 20.3 Å². The van der Waals surface area contributed by atoms with E-state index in [1.54, 1.807) is 0 Å². The second kappa shape index (κ2) is 2.97. The van der Waals surface area contributed by atoms with Crippen LogP contribution in [0.4, 0.5) is 0 Å². The van der Waals surface area contributed by atoms with Crippen molar-refractivity contribution in [3.8, 4) is 0 Å². The van der Waals surface area contributed by atoms with E-state index in [-0.39, 0.29) is 5.60 Å². The standard InChI is InChI=1S/C11H16O5/c1-7(12)14-11(15-8(2)13)6-5-9(3)10(11,4)16-9/h5-6H2,1-4H3. The zero-order valence-corrected chi connectivity index (χ0v) is 9.96. The molecule has 1 aliphatic heterocycles. The van der Waals surface area contributed by atoms with Gasteiger partial charge in [0, 0.05) is 20.3 Å². The Labute approximate surface area is 94.0 Å². The lowest BCUT2D eigenvalue weighted by Gasteiger charge is -2.32. The first-order valence-electron chi connectivity index (χ1n) is 5.34. The molecule has 5 heteroatoms. The van der Waals surface area contributed by atoms with Crippen molar-refractivity contribution in [3.05, 3.63) is 0 Å². The highest BCUT2D eigenvalue weighted by atomic mass is 16.8. The highest BCUT2D eigenvalue weighted by Gasteiger charge is 2.82. The Kier molecular flexibility index (Phi) is 2.11. The zero-order valence-electron chi connectivity index (χ0n) is 9.96. The number of ether oxygens (including phenoxy) is 3. The summed E-state index contributed by atoms with van der Waals surface area (Å²) < 4.78 is 16.0. The number of carbonyl (C=O) groups excluding carboxylic acids is 2. The monoisotopic (exact) mass is 228 g/mol. The zero-order chi connectivity index (χ0) is 12.2. The maximum atomic E-state index is 11.1. The van der Waals surface area contributed by atoms with Crippen molar-refractivity contribution in [3.63, 3.8) is 0 Å². The third kappa shape index (κ3) is 1.27. The lowest BCUT2D eigenvalue weighted by molar-refractivity contribution is -0.247. The maximum absolute atomic E-state index is 11.1. The number of hydrogen-bond donors (Lipinski definition) is 0. The van der Waals surface area contributed by atoms with Gasteiger partial charge in [-0.2, -0.15) is 0 Å². The minimum Gasteiger partial charge on any atom is -0.419 e. The summed E-state index contributed by atoms with van der Waals surface area (Å²) in [6, 6.07) is 0. The third-order valence-electron chi connectivity index (χ3n) is 3.67. The molecule has 0 aromatic carbocycles. The number of carbonyl (C=O) groups is 2. The molecule has 2 unspecified atom stereocenters. The van der Waals surface area contributed by atoms with E-state index in [4.69, 9.17) is 14.2 Å². The molecule has 0 spiro atoms. The van der Waals surface area contributed by atoms with Crippen molar-refractivity contribution >= 4 is 11.9 Å². The van der Waals surface area contributed by atoms with Crippen LogP contribution in [0.15, 0.2) is 0 Å². The summed E-state index contributed by atoms with van der Waals surface area (Å²) in [5, 5.41) is 0. The van der Waals surface area contributed by atoms with Gasteiger partial charge in [0.1, 0.15) is 5.60 Å². The molecular weight excluding hydrogens is 212 g/mol. The molecule has 0 aromatic rings. The first-order valence-corrected chi connectivity index (χ1v) is 5.34. The van der Waals surface area contributed by atoms with Gasteiger partial charge in [-0.3, -0.25) is 9.59 Å². The topological polar surface area (TPSA) is 65.1 Å². The molecule has 2 fully saturated rings. The number of fused-ring (bicyclic) bond motifs is 1. The molecule has 5 nitrogen and oxygen atoms in total. The summed E-state index contributed by atoms with van der Waals surface area (Å²) in [5.74, 6) is -2.19. The van der Waals surface area contributed by atoms with Crippen molar-refractivity contribution in [2.75, 3.05) is 0 Å². The summed E-state index contributed by atoms with van der Waals surface area (Å²) in [6.07, 6.45) is 1.20. The predicted octanol–water partition coefficient (Wildman–Crippen LogP) is 1.15. The van der Waals surface area contributed by atoms with Crippen molar-refractivity contribution in [2.45, 2.75) is 57.5 Å². The van der Waals surface area contributed by atoms with Crippen LogP contribution in [-0.2, 0) is 23.8 Å². The summed E-state index contributed by atoms with van der Waals surface area (Å²) in [4.78, 5) is 22.3. The van der Waals surface area contributed by atoms with Crippen LogP contribution in [0.5, 0.6) is 0 Å². The molecule has 2 atom stereocenters. The summed E-state index contributed by atoms with van der Waals surface area (Å²) in [6.45, 7) is 6.34. The smallest absolute Gasteiger partial charge is 0.306 e. The molecule has 1 saturated carbocycles. The van der Waals surface area contributed by atoms with E-state index >= 15 is 0 Å². The Morgan fingerprint density at radius 1 is 1.06 bits per heavy atom. The van der Waals surface area contributed by atoms with Gasteiger partial charge in [-0.1, -0.05) is 0 Å². The molecule has 16 heavy (non-hydrogen) atoms. The van der Waals surface area contributed by atoms with Crippen molar-refractivity contribution in [1.29, 1.82) is 0 Å². The SMILES string of the molecule is CC(=O)OC1(OC(C)=O)CCC2(C)OC21C. The van der Waals surface area contributed by atoms with E-state index in [9.17, 15) is 9.59 Å². The van der Waals surface area contributed by atoms with E-state index in [1.165, 1.54) is 13.8 Å². The van der Waals surface area contributed by atoms with Crippen LogP contribution in [0.2, 0.25) is 0 Å². The van der Waals surface area contributed by atoms with E-state index < -0.39 is 23.3 Å². The second-order valence-corrected chi connectivity index (χ2v) is 4.81. The van der Waals surface area contributed by atoms with E-state index in [1.807, 2.05) is 13.8 Å². The maximum Gasteiger partial charge on any atom is 0.306 e. The summed E-state index contributed by atoms with van der Waals surface area (Å²) >= 11 is 0. The second-order valence-electron chi connectivity index (χ2n) is 4.81. The number of esters is 2. The van der Waals surface area contributed by atoms with Gasteiger partial charge in [0.05, 0.1) is 0 Å². The van der Waals surface area contributed by atoms with E-state index in [2.05, 4.69) is 0 Å². The Morgan fingerprint density at radius 3 is 1.81 bits per heavy atom. The van der Waals surface area contributed by atoms with Gasteiger partial charge in [0.2, 0.25) is 0 Å². The van der Waals surface area contributed by atoms with Crippen LogP contribution in [0.25, 0.3) is 0 Å². The molecule has 1 heterocycles. The summed E-state index contributed by atoms with van der Waals surface area (Å²) in [7, 11) is 0. The largest absolute Gasteiger partial charge is 0.419 e. The molecule has 0 amide bonds. The van der Waals surface area contributed by atoms with Crippen LogP contribution >= 0.6 is 0 Å². The van der Waals surface area contributed by atoms with Gasteiger partial charge >= 0.3 is 11.9 Å². The van der Waals surface area contributed by atoms with Crippen LogP contribution < -0.4 is 0 Å². The van der Waals surface area contributed by atoms with Gasteiger partial charge < -0.3 is 14.2 Å². The van der Waals surface area contributed by atoms with Crippen LogP contribution in [0, 0.1) is 0 Å². The molecule has 2 rings (SSSR count). The number of hydrogen-bond acceptors (Lipinski definition) is 5.